The van der Waals surface area contributed by atoms with E-state index in [2.05, 4.69) is 35.6 Å². The molecule has 1 heterocycles. The average Bonchev–Trinajstić information content (AvgIpc) is 2.36. The van der Waals surface area contributed by atoms with Crippen molar-refractivity contribution in [3.63, 3.8) is 0 Å². The van der Waals surface area contributed by atoms with Gasteiger partial charge in [0.2, 0.25) is 0 Å². The lowest BCUT2D eigenvalue weighted by Crippen LogP contribution is -2.37. The minimum Gasteiger partial charge on any atom is -0.370 e. The van der Waals surface area contributed by atoms with Crippen LogP contribution >= 0.6 is 0 Å². The SMILES string of the molecule is CCN(CC)C(N)=NCCCN1CCCC(C)C1. The molecule has 1 fully saturated rings. The summed E-state index contributed by atoms with van der Waals surface area (Å²) in [5, 5.41) is 0. The molecule has 0 aromatic rings. The van der Waals surface area contributed by atoms with Gasteiger partial charge in [-0.3, -0.25) is 4.99 Å². The summed E-state index contributed by atoms with van der Waals surface area (Å²) in [6.07, 6.45) is 3.87. The molecule has 4 heteroatoms. The minimum atomic E-state index is 0.701. The van der Waals surface area contributed by atoms with Crippen LogP contribution in [0.2, 0.25) is 0 Å². The summed E-state index contributed by atoms with van der Waals surface area (Å²) in [6.45, 7) is 13.0. The Bertz CT molecular complexity index is 248. The van der Waals surface area contributed by atoms with Crippen LogP contribution in [-0.2, 0) is 0 Å². The number of nitrogens with two attached hydrogens (primary N) is 1. The van der Waals surface area contributed by atoms with Crippen LogP contribution in [-0.4, -0.2) is 55.0 Å². The van der Waals surface area contributed by atoms with Crippen LogP contribution < -0.4 is 5.73 Å². The fourth-order valence-corrected chi connectivity index (χ4v) is 2.63. The average molecular weight is 254 g/mol. The lowest BCUT2D eigenvalue weighted by molar-refractivity contribution is 0.183. The van der Waals surface area contributed by atoms with Crippen molar-refractivity contribution in [2.45, 2.75) is 40.0 Å². The van der Waals surface area contributed by atoms with Gasteiger partial charge in [-0.05, 0) is 52.1 Å². The van der Waals surface area contributed by atoms with Crippen LogP contribution in [0.4, 0.5) is 0 Å². The van der Waals surface area contributed by atoms with E-state index in [0.717, 1.165) is 32.0 Å². The number of hydrogen-bond acceptors (Lipinski definition) is 2. The molecule has 1 aliphatic heterocycles. The van der Waals surface area contributed by atoms with E-state index in [-0.39, 0.29) is 0 Å². The molecule has 0 amide bonds. The molecule has 0 aromatic heterocycles. The summed E-state index contributed by atoms with van der Waals surface area (Å²) in [5.74, 6) is 1.56. The summed E-state index contributed by atoms with van der Waals surface area (Å²) in [4.78, 5) is 9.13. The third kappa shape index (κ3) is 5.25. The summed E-state index contributed by atoms with van der Waals surface area (Å²) < 4.78 is 0. The van der Waals surface area contributed by atoms with Crippen molar-refractivity contribution in [2.75, 3.05) is 39.3 Å². The lowest BCUT2D eigenvalue weighted by Gasteiger charge is -2.30. The van der Waals surface area contributed by atoms with E-state index in [1.54, 1.807) is 0 Å². The van der Waals surface area contributed by atoms with E-state index < -0.39 is 0 Å². The Kier molecular flexibility index (Phi) is 7.09. The van der Waals surface area contributed by atoms with Crippen molar-refractivity contribution >= 4 is 5.96 Å². The van der Waals surface area contributed by atoms with Gasteiger partial charge in [0.1, 0.15) is 0 Å². The number of piperidine rings is 1. The molecule has 1 saturated heterocycles. The maximum atomic E-state index is 5.94. The Hall–Kier alpha value is -0.770. The van der Waals surface area contributed by atoms with Crippen LogP contribution in [0.1, 0.15) is 40.0 Å². The van der Waals surface area contributed by atoms with Gasteiger partial charge in [-0.25, -0.2) is 0 Å². The Balaban J connectivity index is 2.19. The maximum absolute atomic E-state index is 5.94. The quantitative estimate of drug-likeness (QED) is 0.446. The second-order valence-electron chi connectivity index (χ2n) is 5.31. The molecule has 0 aliphatic carbocycles. The van der Waals surface area contributed by atoms with Crippen LogP contribution in [0, 0.1) is 5.92 Å². The van der Waals surface area contributed by atoms with Crippen molar-refractivity contribution in [1.82, 2.24) is 9.80 Å². The molecule has 0 bridgehead atoms. The zero-order valence-corrected chi connectivity index (χ0v) is 12.4. The number of hydrogen-bond donors (Lipinski definition) is 1. The van der Waals surface area contributed by atoms with E-state index in [4.69, 9.17) is 5.73 Å². The Morgan fingerprint density at radius 2 is 2.11 bits per heavy atom. The molecule has 1 atom stereocenters. The van der Waals surface area contributed by atoms with E-state index >= 15 is 0 Å². The van der Waals surface area contributed by atoms with Gasteiger partial charge in [0.05, 0.1) is 0 Å². The molecular formula is C14H30N4. The topological polar surface area (TPSA) is 44.9 Å². The van der Waals surface area contributed by atoms with Crippen molar-refractivity contribution in [3.05, 3.63) is 0 Å². The zero-order valence-electron chi connectivity index (χ0n) is 12.4. The van der Waals surface area contributed by atoms with E-state index in [9.17, 15) is 0 Å². The first-order valence-corrected chi connectivity index (χ1v) is 7.44. The number of nitrogens with zero attached hydrogens (tertiary/aromatic N) is 3. The van der Waals surface area contributed by atoms with Gasteiger partial charge < -0.3 is 15.5 Å². The molecule has 0 aromatic carbocycles. The second kappa shape index (κ2) is 8.35. The highest BCUT2D eigenvalue weighted by atomic mass is 15.2. The van der Waals surface area contributed by atoms with Gasteiger partial charge in [-0.2, -0.15) is 0 Å². The molecule has 18 heavy (non-hydrogen) atoms. The summed E-state index contributed by atoms with van der Waals surface area (Å²) in [5.41, 5.74) is 5.94. The van der Waals surface area contributed by atoms with Gasteiger partial charge in [0, 0.05) is 26.2 Å². The van der Waals surface area contributed by atoms with Gasteiger partial charge in [-0.15, -0.1) is 0 Å². The third-order valence-electron chi connectivity index (χ3n) is 3.73. The smallest absolute Gasteiger partial charge is 0.191 e. The minimum absolute atomic E-state index is 0.701. The predicted octanol–water partition coefficient (Wildman–Crippen LogP) is 1.76. The van der Waals surface area contributed by atoms with Crippen molar-refractivity contribution < 1.29 is 0 Å². The third-order valence-corrected chi connectivity index (χ3v) is 3.73. The van der Waals surface area contributed by atoms with Crippen LogP contribution in [0.3, 0.4) is 0 Å². The normalized spacial score (nSPS) is 22.2. The van der Waals surface area contributed by atoms with E-state index in [1.165, 1.54) is 32.5 Å². The molecule has 1 rings (SSSR count). The van der Waals surface area contributed by atoms with Crippen molar-refractivity contribution in [1.29, 1.82) is 0 Å². The fourth-order valence-electron chi connectivity index (χ4n) is 2.63. The first-order valence-electron chi connectivity index (χ1n) is 7.44. The molecule has 1 unspecified atom stereocenters. The van der Waals surface area contributed by atoms with E-state index in [0.29, 0.717) is 5.96 Å². The van der Waals surface area contributed by atoms with Gasteiger partial charge in [0.25, 0.3) is 0 Å². The molecule has 4 nitrogen and oxygen atoms in total. The molecule has 2 N–H and O–H groups in total. The van der Waals surface area contributed by atoms with Gasteiger partial charge in [-0.1, -0.05) is 6.92 Å². The van der Waals surface area contributed by atoms with Crippen LogP contribution in [0.5, 0.6) is 0 Å². The highest BCUT2D eigenvalue weighted by Gasteiger charge is 2.15. The first-order chi connectivity index (χ1) is 8.67. The predicted molar refractivity (Wildman–Crippen MR) is 78.9 cm³/mol. The number of guanidine groups is 1. The van der Waals surface area contributed by atoms with E-state index in [1.807, 2.05) is 0 Å². The Morgan fingerprint density at radius 3 is 2.72 bits per heavy atom. The van der Waals surface area contributed by atoms with Gasteiger partial charge >= 0.3 is 0 Å². The molecule has 106 valence electrons. The summed E-state index contributed by atoms with van der Waals surface area (Å²) in [6, 6.07) is 0. The molecular weight excluding hydrogens is 224 g/mol. The number of aliphatic imine (C=N–C) groups is 1. The van der Waals surface area contributed by atoms with Crippen LogP contribution in [0.25, 0.3) is 0 Å². The van der Waals surface area contributed by atoms with Gasteiger partial charge in [0.15, 0.2) is 5.96 Å². The number of likely N-dealkylation sites (tertiary alicyclic amines) is 1. The highest BCUT2D eigenvalue weighted by molar-refractivity contribution is 5.77. The molecule has 0 spiro atoms. The van der Waals surface area contributed by atoms with Crippen LogP contribution in [0.15, 0.2) is 4.99 Å². The molecule has 1 aliphatic rings. The maximum Gasteiger partial charge on any atom is 0.191 e. The number of rotatable bonds is 6. The summed E-state index contributed by atoms with van der Waals surface area (Å²) >= 11 is 0. The Labute approximate surface area is 112 Å². The summed E-state index contributed by atoms with van der Waals surface area (Å²) in [7, 11) is 0. The largest absolute Gasteiger partial charge is 0.370 e. The van der Waals surface area contributed by atoms with Crippen molar-refractivity contribution in [2.24, 2.45) is 16.6 Å². The monoisotopic (exact) mass is 254 g/mol. The fraction of sp³-hybridized carbons (Fsp3) is 0.929. The highest BCUT2D eigenvalue weighted by Crippen LogP contribution is 2.15. The standard InChI is InChI=1S/C14H30N4/c1-4-18(5-2)14(15)16-9-7-11-17-10-6-8-13(3)12-17/h13H,4-12H2,1-3H3,(H2,15,16). The lowest BCUT2D eigenvalue weighted by atomic mass is 10.0. The molecule has 0 radical (unpaired) electrons. The zero-order chi connectivity index (χ0) is 13.4. The van der Waals surface area contributed by atoms with Crippen molar-refractivity contribution in [3.8, 4) is 0 Å². The second-order valence-corrected chi connectivity index (χ2v) is 5.31. The first kappa shape index (κ1) is 15.3. The Morgan fingerprint density at radius 1 is 1.39 bits per heavy atom. The molecule has 0 saturated carbocycles.